The van der Waals surface area contributed by atoms with Gasteiger partial charge in [0.05, 0.1) is 75.3 Å². The van der Waals surface area contributed by atoms with E-state index < -0.39 is 126 Å². The molecule has 8 atom stereocenters. The minimum atomic E-state index is -1.14. The van der Waals surface area contributed by atoms with Gasteiger partial charge in [-0.25, -0.2) is 0 Å². The number of carbonyl (C=O) groups excluding carboxylic acids is 8. The first kappa shape index (κ1) is 48.6. The molecule has 2 aromatic rings. The van der Waals surface area contributed by atoms with Gasteiger partial charge < -0.3 is 76.3 Å². The number of nitrogens with one attached hydrogen (secondary N) is 6. The van der Waals surface area contributed by atoms with Gasteiger partial charge in [0.15, 0.2) is 24.6 Å². The van der Waals surface area contributed by atoms with Crippen LogP contribution in [0.2, 0.25) is 0 Å². The van der Waals surface area contributed by atoms with Crippen molar-refractivity contribution in [2.75, 3.05) is 73.2 Å². The second-order valence-corrected chi connectivity index (χ2v) is 16.4. The van der Waals surface area contributed by atoms with E-state index in [-0.39, 0.29) is 79.2 Å². The molecule has 67 heavy (non-hydrogen) atoms. The van der Waals surface area contributed by atoms with Crippen LogP contribution < -0.4 is 42.4 Å². The highest BCUT2D eigenvalue weighted by atomic mass is 16.7. The number of nitrogens with two attached hydrogens (primary N) is 1. The smallest absolute Gasteiger partial charge is 0.239 e. The molecular weight excluding hydrogens is 885 g/mol. The van der Waals surface area contributed by atoms with E-state index in [0.29, 0.717) is 19.6 Å². The third-order valence-corrected chi connectivity index (χ3v) is 12.2. The Hall–Kier alpha value is -6.28. The zero-order chi connectivity index (χ0) is 48.1. The van der Waals surface area contributed by atoms with Crippen LogP contribution in [0.5, 0.6) is 17.2 Å². The number of hydrogen-bond acceptors (Lipinski definition) is 18. The number of phenolic OH excluding ortho intramolecular Hbond substituents is 2. The third kappa shape index (κ3) is 10.3. The summed E-state index contributed by atoms with van der Waals surface area (Å²) < 4.78 is 36.0. The van der Waals surface area contributed by atoms with Crippen LogP contribution in [0.1, 0.15) is 68.8 Å². The molecule has 3 aliphatic heterocycles. The van der Waals surface area contributed by atoms with Gasteiger partial charge in [0.2, 0.25) is 41.2 Å². The van der Waals surface area contributed by atoms with Crippen LogP contribution in [0.25, 0.3) is 0 Å². The molecule has 24 heteroatoms. The van der Waals surface area contributed by atoms with E-state index in [9.17, 15) is 48.6 Å². The number of hydrogen-bond donors (Lipinski definition) is 9. The van der Waals surface area contributed by atoms with Crippen molar-refractivity contribution in [3.8, 4) is 17.2 Å². The summed E-state index contributed by atoms with van der Waals surface area (Å²) in [7, 11) is 2.87. The monoisotopic (exact) mass is 938 g/mol. The number of morpholine rings is 1. The highest BCUT2D eigenvalue weighted by molar-refractivity contribution is 6.31. The maximum Gasteiger partial charge on any atom is 0.239 e. The van der Waals surface area contributed by atoms with E-state index in [0.717, 1.165) is 0 Å². The number of ether oxygens (including phenoxy) is 6. The first-order chi connectivity index (χ1) is 32.1. The summed E-state index contributed by atoms with van der Waals surface area (Å²) in [5, 5.41) is 38.4. The Morgan fingerprint density at radius 3 is 2.06 bits per heavy atom. The quantitative estimate of drug-likeness (QED) is 0.0473. The predicted octanol–water partition coefficient (Wildman–Crippen LogP) is -3.31. The average Bonchev–Trinajstić information content (AvgIpc) is 3.71. The summed E-state index contributed by atoms with van der Waals surface area (Å²) in [6.07, 6.45) is -3.90. The fourth-order valence-corrected chi connectivity index (χ4v) is 9.07. The first-order valence-electron chi connectivity index (χ1n) is 21.7. The Labute approximate surface area is 383 Å². The molecule has 0 spiro atoms. The molecule has 24 nitrogen and oxygen atoms in total. The van der Waals surface area contributed by atoms with E-state index in [1.807, 2.05) is 6.92 Å². The molecule has 1 unspecified atom stereocenters. The van der Waals surface area contributed by atoms with Gasteiger partial charge in [0.25, 0.3) is 0 Å². The van der Waals surface area contributed by atoms with Crippen molar-refractivity contribution < 1.29 is 77.0 Å². The molecule has 0 aromatic heterocycles. The number of methoxy groups -OCH3 is 2. The number of rotatable bonds is 17. The summed E-state index contributed by atoms with van der Waals surface area (Å²) in [6, 6.07) is 4.27. The van der Waals surface area contributed by atoms with Crippen molar-refractivity contribution in [1.29, 1.82) is 0 Å². The largest absolute Gasteiger partial charge is 0.507 e. The Morgan fingerprint density at radius 1 is 0.791 bits per heavy atom. The van der Waals surface area contributed by atoms with Gasteiger partial charge in [0.1, 0.15) is 23.4 Å². The molecule has 7 rings (SSSR count). The molecule has 5 aliphatic rings. The molecule has 0 bridgehead atoms. The molecule has 6 amide bonds. The van der Waals surface area contributed by atoms with Gasteiger partial charge in [-0.15, -0.1) is 0 Å². The second kappa shape index (κ2) is 21.1. The molecule has 3 heterocycles. The summed E-state index contributed by atoms with van der Waals surface area (Å²) in [5.74, 6) is -7.13. The number of amides is 6. The number of ketones is 2. The maximum absolute atomic E-state index is 14.2. The number of nitrogens with zero attached hydrogens (tertiary/aromatic N) is 1. The van der Waals surface area contributed by atoms with Crippen molar-refractivity contribution in [2.24, 2.45) is 11.7 Å². The van der Waals surface area contributed by atoms with E-state index in [4.69, 9.17) is 34.2 Å². The number of fused-ring (bicyclic) bond motifs is 6. The predicted molar refractivity (Wildman–Crippen MR) is 227 cm³/mol. The number of benzene rings is 2. The topological polar surface area (TPSA) is 334 Å². The zero-order valence-corrected chi connectivity index (χ0v) is 37.0. The van der Waals surface area contributed by atoms with Crippen molar-refractivity contribution in [3.05, 3.63) is 51.6 Å². The Balaban J connectivity index is 0.994. The Bertz CT molecular complexity index is 2310. The SMILES string of the molecule is COc1cccc2c1C(=O)c1c(O)c3c(c(O)c1C2=O)CC(C(=O)NCCNC(=O)CNC(=O)CNC(=O)CNC(=O)CNC(=O)CN)C[C@@H]3O[C@H]1C[C@H]2[C@H](O[C@@H]3[C@@H](OC)OCCN32)[C@H](C)O1. The normalized spacial score (nSPS) is 25.0. The van der Waals surface area contributed by atoms with Gasteiger partial charge in [-0.3, -0.25) is 43.3 Å². The van der Waals surface area contributed by atoms with Crippen molar-refractivity contribution in [3.63, 3.8) is 0 Å². The van der Waals surface area contributed by atoms with Crippen LogP contribution in [-0.2, 0) is 58.9 Å². The van der Waals surface area contributed by atoms with Crippen LogP contribution in [0, 0.1) is 5.92 Å². The van der Waals surface area contributed by atoms with Gasteiger partial charge in [0, 0.05) is 61.8 Å². The Morgan fingerprint density at radius 2 is 1.42 bits per heavy atom. The van der Waals surface area contributed by atoms with Gasteiger partial charge in [-0.1, -0.05) is 12.1 Å². The van der Waals surface area contributed by atoms with E-state index >= 15 is 0 Å². The van der Waals surface area contributed by atoms with Crippen molar-refractivity contribution >= 4 is 47.0 Å². The Kier molecular flexibility index (Phi) is 15.3. The van der Waals surface area contributed by atoms with Crippen LogP contribution >= 0.6 is 0 Å². The molecule has 2 aromatic carbocycles. The summed E-state index contributed by atoms with van der Waals surface area (Å²) >= 11 is 0. The molecule has 0 radical (unpaired) electrons. The summed E-state index contributed by atoms with van der Waals surface area (Å²) in [6.45, 7) is 0.568. The van der Waals surface area contributed by atoms with Crippen molar-refractivity contribution in [1.82, 2.24) is 36.8 Å². The molecule has 362 valence electrons. The molecule has 2 aliphatic carbocycles. The van der Waals surface area contributed by atoms with E-state index in [1.165, 1.54) is 32.4 Å². The maximum atomic E-state index is 14.2. The standard InChI is InChI=1S/C43H54N8O16/c1-19-40-23(51-9-10-64-43(63-3)42(51)67-40)13-31(65-19)66-25-12-20(11-22-33(25)39(60)35-34(37(22)58)36(57)21-5-4-6-24(62-2)32(21)38(35)59)41(61)46-8-7-45-27(53)15-48-29(55)17-50-30(56)18-49-28(54)16-47-26(52)14-44/h4-6,19-20,23,25,31,40,42-43,58,60H,7-18,44H2,1-3H3,(H,45,53)(H,46,61)(H,47,52)(H,48,55)(H,49,54)(H,50,56)/t19-,20?,23-,25-,31-,40+,42+,43-/m0/s1. The molecular formula is C43H54N8O16. The molecule has 0 saturated carbocycles. The number of carbonyl (C=O) groups is 8. The minimum absolute atomic E-state index is 0.0284. The lowest BCUT2D eigenvalue weighted by Gasteiger charge is -2.42. The van der Waals surface area contributed by atoms with Crippen LogP contribution in [-0.4, -0.2) is 172 Å². The van der Waals surface area contributed by atoms with Gasteiger partial charge in [-0.2, -0.15) is 0 Å². The lowest BCUT2D eigenvalue weighted by atomic mass is 9.74. The van der Waals surface area contributed by atoms with Crippen LogP contribution in [0.15, 0.2) is 18.2 Å². The molecule has 10 N–H and O–H groups in total. The highest BCUT2D eigenvalue weighted by Gasteiger charge is 2.54. The summed E-state index contributed by atoms with van der Waals surface area (Å²) in [5.41, 5.74) is 4.30. The highest BCUT2D eigenvalue weighted by Crippen LogP contribution is 2.52. The first-order valence-corrected chi connectivity index (χ1v) is 21.7. The third-order valence-electron chi connectivity index (χ3n) is 12.2. The summed E-state index contributed by atoms with van der Waals surface area (Å²) in [4.78, 5) is 104. The fraction of sp³-hybridized carbons (Fsp3) is 0.535. The lowest BCUT2D eigenvalue weighted by Crippen LogP contribution is -2.55. The average molecular weight is 939 g/mol. The van der Waals surface area contributed by atoms with Crippen molar-refractivity contribution in [2.45, 2.75) is 69.3 Å². The zero-order valence-electron chi connectivity index (χ0n) is 37.0. The van der Waals surface area contributed by atoms with E-state index in [1.54, 1.807) is 0 Å². The lowest BCUT2D eigenvalue weighted by molar-refractivity contribution is -0.254. The molecule has 3 saturated heterocycles. The van der Waals surface area contributed by atoms with Crippen LogP contribution in [0.3, 0.4) is 0 Å². The van der Waals surface area contributed by atoms with Gasteiger partial charge in [-0.05, 0) is 25.8 Å². The van der Waals surface area contributed by atoms with Gasteiger partial charge >= 0.3 is 0 Å². The van der Waals surface area contributed by atoms with E-state index in [2.05, 4.69) is 36.8 Å². The number of aromatic hydroxyl groups is 2. The second-order valence-electron chi connectivity index (χ2n) is 16.4. The number of phenols is 2. The van der Waals surface area contributed by atoms with Crippen LogP contribution in [0.4, 0.5) is 0 Å². The molecule has 3 fully saturated rings. The minimum Gasteiger partial charge on any atom is -0.507 e. The fourth-order valence-electron chi connectivity index (χ4n) is 9.07.